The van der Waals surface area contributed by atoms with E-state index in [1.807, 2.05) is 0 Å². The second kappa shape index (κ2) is 5.13. The molecule has 0 atom stereocenters. The number of halogens is 2. The fourth-order valence-electron chi connectivity index (χ4n) is 1.81. The molecule has 0 saturated carbocycles. The van der Waals surface area contributed by atoms with Gasteiger partial charge in [0, 0.05) is 11.8 Å². The molecule has 0 aliphatic rings. The Bertz CT molecular complexity index is 814. The van der Waals surface area contributed by atoms with Gasteiger partial charge in [-0.3, -0.25) is 0 Å². The summed E-state index contributed by atoms with van der Waals surface area (Å²) >= 11 is 5.62. The van der Waals surface area contributed by atoms with E-state index < -0.39 is 5.97 Å². The van der Waals surface area contributed by atoms with Crippen molar-refractivity contribution in [3.8, 4) is 11.4 Å². The number of benzene rings is 1. The Kier molecular flexibility index (Phi) is 3.47. The van der Waals surface area contributed by atoms with Crippen LogP contribution >= 0.6 is 38.5 Å². The van der Waals surface area contributed by atoms with Gasteiger partial charge in [-0.05, 0) is 50.7 Å². The second-order valence-electron chi connectivity index (χ2n) is 4.09. The van der Waals surface area contributed by atoms with Crippen molar-refractivity contribution in [2.45, 2.75) is 0 Å². The molecule has 3 aromatic rings. The minimum atomic E-state index is -0.943. The van der Waals surface area contributed by atoms with Crippen molar-refractivity contribution >= 4 is 55.7 Å². The summed E-state index contributed by atoms with van der Waals surface area (Å²) in [6.45, 7) is 0. The van der Waals surface area contributed by atoms with E-state index in [2.05, 4.69) is 53.5 Å². The first-order valence-corrected chi connectivity index (χ1v) is 7.47. The monoisotopic (exact) mass is 443 g/mol. The molecule has 2 aromatic heterocycles. The Labute approximate surface area is 135 Å². The lowest BCUT2D eigenvalue weighted by Gasteiger charge is -1.97. The molecule has 3 rings (SSSR count). The third kappa shape index (κ3) is 2.31. The SMILES string of the molecule is O=C(O)c1ccc(-c2nc3c(I)c(Br)cnc3[nH]2)cc1. The number of nitrogens with one attached hydrogen (secondary N) is 1. The van der Waals surface area contributed by atoms with Gasteiger partial charge < -0.3 is 10.1 Å². The third-order valence-electron chi connectivity index (χ3n) is 2.81. The zero-order valence-corrected chi connectivity index (χ0v) is 13.6. The van der Waals surface area contributed by atoms with Crippen molar-refractivity contribution in [2.24, 2.45) is 0 Å². The summed E-state index contributed by atoms with van der Waals surface area (Å²) in [6.07, 6.45) is 1.72. The zero-order valence-electron chi connectivity index (χ0n) is 9.89. The number of nitrogens with zero attached hydrogens (tertiary/aromatic N) is 2. The molecule has 1 aromatic carbocycles. The zero-order chi connectivity index (χ0) is 14.3. The first kappa shape index (κ1) is 13.5. The Balaban J connectivity index is 2.10. The molecule has 0 aliphatic heterocycles. The number of aromatic nitrogens is 3. The van der Waals surface area contributed by atoms with Crippen LogP contribution in [0.4, 0.5) is 0 Å². The number of fused-ring (bicyclic) bond motifs is 1. The molecule has 0 fully saturated rings. The molecule has 2 heterocycles. The summed E-state index contributed by atoms with van der Waals surface area (Å²) in [7, 11) is 0. The highest BCUT2D eigenvalue weighted by Crippen LogP contribution is 2.27. The van der Waals surface area contributed by atoms with Crippen molar-refractivity contribution in [1.29, 1.82) is 0 Å². The number of carboxylic acids is 1. The first-order valence-electron chi connectivity index (χ1n) is 5.59. The molecule has 7 heteroatoms. The average Bonchev–Trinajstić information content (AvgIpc) is 2.88. The van der Waals surface area contributed by atoms with Crippen LogP contribution in [-0.2, 0) is 0 Å². The maximum Gasteiger partial charge on any atom is 0.335 e. The van der Waals surface area contributed by atoms with Crippen molar-refractivity contribution in [1.82, 2.24) is 15.0 Å². The number of hydrogen-bond donors (Lipinski definition) is 2. The van der Waals surface area contributed by atoms with Gasteiger partial charge in [-0.15, -0.1) is 0 Å². The number of carbonyl (C=O) groups is 1. The average molecular weight is 444 g/mol. The number of aromatic carboxylic acids is 1. The van der Waals surface area contributed by atoms with Crippen molar-refractivity contribution < 1.29 is 9.90 Å². The standard InChI is InChI=1S/C13H7BrIN3O2/c14-8-5-16-12-10(9(8)15)17-11(18-12)6-1-3-7(4-2-6)13(19)20/h1-5H,(H,19,20)(H,16,17,18). The Morgan fingerprint density at radius 2 is 2.00 bits per heavy atom. The summed E-state index contributed by atoms with van der Waals surface area (Å²) in [4.78, 5) is 22.7. The van der Waals surface area contributed by atoms with E-state index in [1.165, 1.54) is 0 Å². The molecule has 0 saturated heterocycles. The van der Waals surface area contributed by atoms with E-state index in [0.29, 0.717) is 11.5 Å². The highest BCUT2D eigenvalue weighted by atomic mass is 127. The van der Waals surface area contributed by atoms with Crippen molar-refractivity contribution in [3.63, 3.8) is 0 Å². The Hall–Kier alpha value is -1.48. The minimum Gasteiger partial charge on any atom is -0.478 e. The molecule has 0 aliphatic carbocycles. The molecular formula is C13H7BrIN3O2. The predicted molar refractivity (Wildman–Crippen MR) is 86.7 cm³/mol. The molecule has 0 radical (unpaired) electrons. The second-order valence-corrected chi connectivity index (χ2v) is 6.02. The van der Waals surface area contributed by atoms with Gasteiger partial charge in [0.1, 0.15) is 11.3 Å². The van der Waals surface area contributed by atoms with Crippen LogP contribution in [0.2, 0.25) is 0 Å². The molecular weight excluding hydrogens is 437 g/mol. The van der Waals surface area contributed by atoms with Gasteiger partial charge in [0.2, 0.25) is 0 Å². The third-order valence-corrected chi connectivity index (χ3v) is 5.25. The number of aromatic amines is 1. The van der Waals surface area contributed by atoms with E-state index >= 15 is 0 Å². The van der Waals surface area contributed by atoms with Crippen LogP contribution in [0.3, 0.4) is 0 Å². The number of carboxylic acid groups (broad SMARTS) is 1. The number of hydrogen-bond acceptors (Lipinski definition) is 3. The van der Waals surface area contributed by atoms with E-state index in [0.717, 1.165) is 19.1 Å². The number of imidazole rings is 1. The fraction of sp³-hybridized carbons (Fsp3) is 0. The van der Waals surface area contributed by atoms with Gasteiger partial charge in [0.05, 0.1) is 13.6 Å². The first-order chi connectivity index (χ1) is 9.56. The number of pyridine rings is 1. The largest absolute Gasteiger partial charge is 0.478 e. The van der Waals surface area contributed by atoms with Crippen LogP contribution in [0.15, 0.2) is 34.9 Å². The fourth-order valence-corrected chi connectivity index (χ4v) is 2.61. The topological polar surface area (TPSA) is 78.9 Å². The van der Waals surface area contributed by atoms with Crippen LogP contribution < -0.4 is 0 Å². The van der Waals surface area contributed by atoms with E-state index in [4.69, 9.17) is 5.11 Å². The molecule has 0 spiro atoms. The normalized spacial score (nSPS) is 10.9. The minimum absolute atomic E-state index is 0.250. The molecule has 100 valence electrons. The van der Waals surface area contributed by atoms with E-state index in [9.17, 15) is 4.79 Å². The maximum atomic E-state index is 10.8. The molecule has 5 nitrogen and oxygen atoms in total. The van der Waals surface area contributed by atoms with Crippen LogP contribution in [0.1, 0.15) is 10.4 Å². The van der Waals surface area contributed by atoms with E-state index in [-0.39, 0.29) is 5.56 Å². The van der Waals surface area contributed by atoms with Crippen molar-refractivity contribution in [3.05, 3.63) is 44.1 Å². The number of H-pyrrole nitrogens is 1. The molecule has 0 unspecified atom stereocenters. The van der Waals surface area contributed by atoms with E-state index in [1.54, 1.807) is 30.5 Å². The van der Waals surface area contributed by atoms with Crippen LogP contribution in [0, 0.1) is 3.57 Å². The van der Waals surface area contributed by atoms with Crippen LogP contribution in [0.5, 0.6) is 0 Å². The maximum absolute atomic E-state index is 10.8. The lowest BCUT2D eigenvalue weighted by atomic mass is 10.1. The van der Waals surface area contributed by atoms with Gasteiger partial charge in [0.15, 0.2) is 5.65 Å². The summed E-state index contributed by atoms with van der Waals surface area (Å²) in [5.74, 6) is -0.276. The van der Waals surface area contributed by atoms with Gasteiger partial charge in [-0.25, -0.2) is 14.8 Å². The lowest BCUT2D eigenvalue weighted by Crippen LogP contribution is -1.95. The number of rotatable bonds is 2. The van der Waals surface area contributed by atoms with Gasteiger partial charge in [-0.2, -0.15) is 0 Å². The Morgan fingerprint density at radius 3 is 2.65 bits per heavy atom. The molecule has 2 N–H and O–H groups in total. The van der Waals surface area contributed by atoms with Gasteiger partial charge >= 0.3 is 5.97 Å². The highest BCUT2D eigenvalue weighted by Gasteiger charge is 2.11. The van der Waals surface area contributed by atoms with Crippen molar-refractivity contribution in [2.75, 3.05) is 0 Å². The summed E-state index contributed by atoms with van der Waals surface area (Å²) in [6, 6.07) is 6.56. The molecule has 20 heavy (non-hydrogen) atoms. The summed E-state index contributed by atoms with van der Waals surface area (Å²) in [5, 5.41) is 8.89. The lowest BCUT2D eigenvalue weighted by molar-refractivity contribution is 0.0697. The summed E-state index contributed by atoms with van der Waals surface area (Å²) < 4.78 is 1.88. The summed E-state index contributed by atoms with van der Waals surface area (Å²) in [5.41, 5.74) is 2.56. The van der Waals surface area contributed by atoms with Gasteiger partial charge in [-0.1, -0.05) is 12.1 Å². The van der Waals surface area contributed by atoms with Gasteiger partial charge in [0.25, 0.3) is 0 Å². The molecule has 0 bridgehead atoms. The Morgan fingerprint density at radius 1 is 1.30 bits per heavy atom. The molecule has 0 amide bonds. The smallest absolute Gasteiger partial charge is 0.335 e. The quantitative estimate of drug-likeness (QED) is 0.592. The predicted octanol–water partition coefficient (Wildman–Crippen LogP) is 3.69. The van der Waals surface area contributed by atoms with Crippen LogP contribution in [0.25, 0.3) is 22.6 Å². The van der Waals surface area contributed by atoms with Crippen LogP contribution in [-0.4, -0.2) is 26.0 Å². The highest BCUT2D eigenvalue weighted by molar-refractivity contribution is 14.1.